The van der Waals surface area contributed by atoms with Crippen LogP contribution >= 0.6 is 0 Å². The molecule has 0 aliphatic carbocycles. The number of amides is 1. The monoisotopic (exact) mass is 240 g/mol. The van der Waals surface area contributed by atoms with E-state index in [2.05, 4.69) is 52.2 Å². The quantitative estimate of drug-likeness (QED) is 0.794. The molecule has 100 valence electrons. The van der Waals surface area contributed by atoms with Gasteiger partial charge in [-0.05, 0) is 31.2 Å². The van der Waals surface area contributed by atoms with Crippen molar-refractivity contribution in [2.75, 3.05) is 13.1 Å². The number of carbonyl (C=O) groups is 1. The Morgan fingerprint density at radius 1 is 1.29 bits per heavy atom. The first-order valence-electron chi connectivity index (χ1n) is 6.72. The summed E-state index contributed by atoms with van der Waals surface area (Å²) in [4.78, 5) is 12.5. The third-order valence-electron chi connectivity index (χ3n) is 4.39. The van der Waals surface area contributed by atoms with E-state index >= 15 is 0 Å². The van der Waals surface area contributed by atoms with Gasteiger partial charge in [0.2, 0.25) is 5.91 Å². The van der Waals surface area contributed by atoms with Gasteiger partial charge in [-0.25, -0.2) is 0 Å². The second-order valence-electron chi connectivity index (χ2n) is 6.80. The highest BCUT2D eigenvalue weighted by Crippen LogP contribution is 2.35. The molecule has 0 radical (unpaired) electrons. The number of hydrogen-bond donors (Lipinski definition) is 2. The molecule has 17 heavy (non-hydrogen) atoms. The average molecular weight is 240 g/mol. The summed E-state index contributed by atoms with van der Waals surface area (Å²) in [6.45, 7) is 14.6. The van der Waals surface area contributed by atoms with E-state index < -0.39 is 0 Å². The molecule has 1 heterocycles. The van der Waals surface area contributed by atoms with E-state index in [0.29, 0.717) is 5.92 Å². The average Bonchev–Trinajstić information content (AvgIpc) is 2.65. The molecule has 0 aromatic heterocycles. The molecule has 0 saturated carbocycles. The maximum atomic E-state index is 12.5. The Bertz CT molecular complexity index is 272. The summed E-state index contributed by atoms with van der Waals surface area (Å²) in [5, 5.41) is 6.53. The van der Waals surface area contributed by atoms with Crippen LogP contribution in [0.25, 0.3) is 0 Å². The van der Waals surface area contributed by atoms with Gasteiger partial charge in [0.05, 0.1) is 5.41 Å². The largest absolute Gasteiger partial charge is 0.353 e. The van der Waals surface area contributed by atoms with Gasteiger partial charge in [0.15, 0.2) is 0 Å². The molecule has 3 nitrogen and oxygen atoms in total. The molecule has 1 rings (SSSR count). The van der Waals surface area contributed by atoms with E-state index in [1.54, 1.807) is 0 Å². The van der Waals surface area contributed by atoms with Crippen molar-refractivity contribution in [1.29, 1.82) is 0 Å². The SMILES string of the molecule is CC(NC(=O)C1(C(C)C)CCNC1)C(C)(C)C. The highest BCUT2D eigenvalue weighted by molar-refractivity contribution is 5.84. The standard InChI is InChI=1S/C14H28N2O/c1-10(2)14(7-8-15-9-14)12(17)16-11(3)13(4,5)6/h10-11,15H,7-9H2,1-6H3,(H,16,17). The van der Waals surface area contributed by atoms with Crippen LogP contribution in [0.4, 0.5) is 0 Å². The summed E-state index contributed by atoms with van der Waals surface area (Å²) in [5.41, 5.74) is -0.0978. The molecular weight excluding hydrogens is 212 g/mol. The van der Waals surface area contributed by atoms with Crippen LogP contribution < -0.4 is 10.6 Å². The molecule has 1 fully saturated rings. The van der Waals surface area contributed by atoms with Gasteiger partial charge in [-0.1, -0.05) is 34.6 Å². The summed E-state index contributed by atoms with van der Waals surface area (Å²) in [5.74, 6) is 0.601. The maximum Gasteiger partial charge on any atom is 0.228 e. The lowest BCUT2D eigenvalue weighted by atomic mass is 9.75. The Balaban J connectivity index is 2.74. The van der Waals surface area contributed by atoms with Crippen molar-refractivity contribution in [3.8, 4) is 0 Å². The van der Waals surface area contributed by atoms with Gasteiger partial charge in [-0.3, -0.25) is 4.79 Å². The molecular formula is C14H28N2O. The number of carbonyl (C=O) groups excluding carboxylic acids is 1. The van der Waals surface area contributed by atoms with Crippen LogP contribution in [0, 0.1) is 16.7 Å². The van der Waals surface area contributed by atoms with Crippen molar-refractivity contribution in [2.24, 2.45) is 16.7 Å². The molecule has 0 aromatic carbocycles. The molecule has 1 aliphatic rings. The normalized spacial score (nSPS) is 27.2. The van der Waals surface area contributed by atoms with Crippen molar-refractivity contribution in [2.45, 2.75) is 54.0 Å². The van der Waals surface area contributed by atoms with E-state index in [-0.39, 0.29) is 22.8 Å². The van der Waals surface area contributed by atoms with E-state index in [1.165, 1.54) is 0 Å². The van der Waals surface area contributed by atoms with Crippen LogP contribution in [0.15, 0.2) is 0 Å². The Hall–Kier alpha value is -0.570. The molecule has 0 spiro atoms. The molecule has 0 bridgehead atoms. The first-order valence-corrected chi connectivity index (χ1v) is 6.72. The fourth-order valence-corrected chi connectivity index (χ4v) is 2.22. The maximum absolute atomic E-state index is 12.5. The van der Waals surface area contributed by atoms with Crippen molar-refractivity contribution >= 4 is 5.91 Å². The van der Waals surface area contributed by atoms with Crippen LogP contribution in [0.1, 0.15) is 48.0 Å². The van der Waals surface area contributed by atoms with Gasteiger partial charge < -0.3 is 10.6 Å². The van der Waals surface area contributed by atoms with Crippen molar-refractivity contribution in [1.82, 2.24) is 10.6 Å². The number of hydrogen-bond acceptors (Lipinski definition) is 2. The Morgan fingerprint density at radius 3 is 2.24 bits per heavy atom. The lowest BCUT2D eigenvalue weighted by Crippen LogP contribution is -2.51. The third kappa shape index (κ3) is 3.01. The number of rotatable bonds is 3. The third-order valence-corrected chi connectivity index (χ3v) is 4.39. The van der Waals surface area contributed by atoms with Crippen LogP contribution in [0.2, 0.25) is 0 Å². The van der Waals surface area contributed by atoms with E-state index in [0.717, 1.165) is 19.5 Å². The van der Waals surface area contributed by atoms with Gasteiger partial charge in [-0.2, -0.15) is 0 Å². The Labute approximate surface area is 106 Å². The minimum Gasteiger partial charge on any atom is -0.353 e. The van der Waals surface area contributed by atoms with Gasteiger partial charge in [0, 0.05) is 12.6 Å². The summed E-state index contributed by atoms with van der Waals surface area (Å²) in [6.07, 6.45) is 0.952. The molecule has 1 saturated heterocycles. The molecule has 1 amide bonds. The van der Waals surface area contributed by atoms with Crippen LogP contribution in [0.5, 0.6) is 0 Å². The smallest absolute Gasteiger partial charge is 0.228 e. The zero-order chi connectivity index (χ0) is 13.3. The van der Waals surface area contributed by atoms with Gasteiger partial charge in [0.25, 0.3) is 0 Å². The van der Waals surface area contributed by atoms with Gasteiger partial charge in [0.1, 0.15) is 0 Å². The zero-order valence-electron chi connectivity index (χ0n) is 12.2. The van der Waals surface area contributed by atoms with Crippen molar-refractivity contribution in [3.05, 3.63) is 0 Å². The van der Waals surface area contributed by atoms with Crippen LogP contribution in [-0.4, -0.2) is 25.0 Å². The van der Waals surface area contributed by atoms with Crippen LogP contribution in [0.3, 0.4) is 0 Å². The Kier molecular flexibility index (Phi) is 4.23. The fourth-order valence-electron chi connectivity index (χ4n) is 2.22. The molecule has 2 N–H and O–H groups in total. The lowest BCUT2D eigenvalue weighted by molar-refractivity contribution is -0.133. The minimum absolute atomic E-state index is 0.111. The van der Waals surface area contributed by atoms with Crippen LogP contribution in [-0.2, 0) is 4.79 Å². The van der Waals surface area contributed by atoms with E-state index in [1.807, 2.05) is 0 Å². The highest BCUT2D eigenvalue weighted by atomic mass is 16.2. The summed E-state index contributed by atoms with van der Waals surface area (Å²) >= 11 is 0. The predicted molar refractivity (Wildman–Crippen MR) is 71.8 cm³/mol. The second kappa shape index (κ2) is 4.97. The van der Waals surface area contributed by atoms with Gasteiger partial charge in [-0.15, -0.1) is 0 Å². The van der Waals surface area contributed by atoms with Crippen molar-refractivity contribution in [3.63, 3.8) is 0 Å². The summed E-state index contributed by atoms with van der Waals surface area (Å²) in [7, 11) is 0. The first-order chi connectivity index (χ1) is 7.70. The molecule has 3 heteroatoms. The molecule has 0 aromatic rings. The van der Waals surface area contributed by atoms with Crippen molar-refractivity contribution < 1.29 is 4.79 Å². The van der Waals surface area contributed by atoms with E-state index in [9.17, 15) is 4.79 Å². The number of nitrogens with one attached hydrogen (secondary N) is 2. The first kappa shape index (κ1) is 14.5. The molecule has 1 aliphatic heterocycles. The fraction of sp³-hybridized carbons (Fsp3) is 0.929. The topological polar surface area (TPSA) is 41.1 Å². The minimum atomic E-state index is -0.209. The summed E-state index contributed by atoms with van der Waals surface area (Å²) < 4.78 is 0. The van der Waals surface area contributed by atoms with E-state index in [4.69, 9.17) is 0 Å². The van der Waals surface area contributed by atoms with Gasteiger partial charge >= 0.3 is 0 Å². The zero-order valence-corrected chi connectivity index (χ0v) is 12.2. The molecule has 2 atom stereocenters. The predicted octanol–water partition coefficient (Wildman–Crippen LogP) is 2.17. The molecule has 2 unspecified atom stereocenters. The second-order valence-corrected chi connectivity index (χ2v) is 6.80. The lowest BCUT2D eigenvalue weighted by Gasteiger charge is -2.35. The highest BCUT2D eigenvalue weighted by Gasteiger charge is 2.44. The Morgan fingerprint density at radius 2 is 1.88 bits per heavy atom. The summed E-state index contributed by atoms with van der Waals surface area (Å²) in [6, 6.07) is 0.200.